The van der Waals surface area contributed by atoms with Crippen LogP contribution in [0.4, 0.5) is 0 Å². The van der Waals surface area contributed by atoms with Crippen molar-refractivity contribution in [2.45, 2.75) is 43.6 Å². The van der Waals surface area contributed by atoms with Gasteiger partial charge in [0.05, 0.1) is 24.5 Å². The molecule has 1 aliphatic heterocycles. The third-order valence-corrected chi connectivity index (χ3v) is 5.54. The van der Waals surface area contributed by atoms with E-state index in [2.05, 4.69) is 14.9 Å². The molecule has 1 atom stereocenters. The molecule has 2 aromatic rings. The fourth-order valence-electron chi connectivity index (χ4n) is 3.21. The molecule has 1 aliphatic rings. The van der Waals surface area contributed by atoms with E-state index >= 15 is 0 Å². The maximum absolute atomic E-state index is 12.1. The van der Waals surface area contributed by atoms with Gasteiger partial charge < -0.3 is 14.2 Å². The fourth-order valence-corrected chi connectivity index (χ4v) is 4.04. The summed E-state index contributed by atoms with van der Waals surface area (Å²) in [6, 6.07) is 5.90. The lowest BCUT2D eigenvalue weighted by molar-refractivity contribution is 0.0935. The maximum atomic E-state index is 12.1. The van der Waals surface area contributed by atoms with E-state index in [0.29, 0.717) is 13.1 Å². The van der Waals surface area contributed by atoms with Gasteiger partial charge in [-0.25, -0.2) is 13.4 Å². The minimum atomic E-state index is -3.38. The summed E-state index contributed by atoms with van der Waals surface area (Å²) in [5, 5.41) is 0.126. The third kappa shape index (κ3) is 4.90. The highest BCUT2D eigenvalue weighted by Gasteiger charge is 2.24. The molecule has 0 spiro atoms. The second kappa shape index (κ2) is 8.28. The highest BCUT2D eigenvalue weighted by atomic mass is 32.2. The Labute approximate surface area is 154 Å². The van der Waals surface area contributed by atoms with Crippen molar-refractivity contribution >= 4 is 9.84 Å². The number of pyridine rings is 1. The van der Waals surface area contributed by atoms with Gasteiger partial charge in [0.1, 0.15) is 0 Å². The van der Waals surface area contributed by atoms with Crippen LogP contribution in [0.2, 0.25) is 0 Å². The minimum absolute atomic E-state index is 0.0577. The highest BCUT2D eigenvalue weighted by Crippen LogP contribution is 2.19. The zero-order valence-corrected chi connectivity index (χ0v) is 16.2. The average molecular weight is 378 g/mol. The zero-order valence-electron chi connectivity index (χ0n) is 15.3. The molecule has 3 rings (SSSR count). The Balaban J connectivity index is 1.70. The van der Waals surface area contributed by atoms with Gasteiger partial charge in [-0.2, -0.15) is 0 Å². The molecule has 26 heavy (non-hydrogen) atoms. The Bertz CT molecular complexity index is 814. The Morgan fingerprint density at radius 1 is 1.35 bits per heavy atom. The molecular weight excluding hydrogens is 352 g/mol. The van der Waals surface area contributed by atoms with Crippen LogP contribution >= 0.6 is 0 Å². The molecular formula is C18H26N4O3S. The number of hydrogen-bond acceptors (Lipinski definition) is 6. The second-order valence-corrected chi connectivity index (χ2v) is 8.77. The van der Waals surface area contributed by atoms with Crippen molar-refractivity contribution in [3.05, 3.63) is 42.0 Å². The highest BCUT2D eigenvalue weighted by molar-refractivity contribution is 7.90. The first-order valence-electron chi connectivity index (χ1n) is 8.88. The van der Waals surface area contributed by atoms with E-state index in [4.69, 9.17) is 4.74 Å². The molecule has 3 heterocycles. The quantitative estimate of drug-likeness (QED) is 0.693. The van der Waals surface area contributed by atoms with E-state index in [-0.39, 0.29) is 11.3 Å². The summed E-state index contributed by atoms with van der Waals surface area (Å²) in [6.45, 7) is 2.73. The molecule has 1 unspecified atom stereocenters. The van der Waals surface area contributed by atoms with Crippen LogP contribution in [0.15, 0.2) is 35.7 Å². The molecule has 0 amide bonds. The normalized spacial score (nSPS) is 17.9. The topological polar surface area (TPSA) is 77.3 Å². The number of sulfone groups is 1. The lowest BCUT2D eigenvalue weighted by Crippen LogP contribution is -2.25. The lowest BCUT2D eigenvalue weighted by atomic mass is 10.2. The Hall–Kier alpha value is -1.77. The third-order valence-electron chi connectivity index (χ3n) is 4.55. The molecule has 142 valence electrons. The van der Waals surface area contributed by atoms with Gasteiger partial charge in [-0.3, -0.25) is 4.98 Å². The number of nitrogens with zero attached hydrogens (tertiary/aromatic N) is 4. The number of imidazole rings is 1. The molecule has 0 radical (unpaired) electrons. The van der Waals surface area contributed by atoms with Crippen molar-refractivity contribution in [1.29, 1.82) is 0 Å². The van der Waals surface area contributed by atoms with Gasteiger partial charge in [-0.15, -0.1) is 0 Å². The molecule has 1 fully saturated rings. The molecule has 0 N–H and O–H groups in total. The number of likely N-dealkylation sites (N-methyl/N-ethyl adjacent to an activating group) is 1. The van der Waals surface area contributed by atoms with Crippen LogP contribution in [-0.2, 0) is 34.1 Å². The van der Waals surface area contributed by atoms with Gasteiger partial charge in [0.15, 0.2) is 0 Å². The summed E-state index contributed by atoms with van der Waals surface area (Å²) in [4.78, 5) is 10.7. The number of hydrogen-bond donors (Lipinski definition) is 0. The number of aromatic nitrogens is 3. The fraction of sp³-hybridized carbons (Fsp3) is 0.556. The first kappa shape index (κ1) is 19.0. The summed E-state index contributed by atoms with van der Waals surface area (Å²) < 4.78 is 31.7. The van der Waals surface area contributed by atoms with Gasteiger partial charge >= 0.3 is 0 Å². The zero-order chi connectivity index (χ0) is 18.6. The lowest BCUT2D eigenvalue weighted by Gasteiger charge is -2.20. The van der Waals surface area contributed by atoms with Crippen molar-refractivity contribution in [2.24, 2.45) is 0 Å². The first-order chi connectivity index (χ1) is 12.4. The number of rotatable bonds is 8. The molecule has 2 aromatic heterocycles. The Kier molecular flexibility index (Phi) is 6.05. The maximum Gasteiger partial charge on any atom is 0.227 e. The van der Waals surface area contributed by atoms with Crippen LogP contribution in [0.1, 0.15) is 24.2 Å². The van der Waals surface area contributed by atoms with E-state index in [1.165, 1.54) is 6.26 Å². The van der Waals surface area contributed by atoms with Crippen molar-refractivity contribution < 1.29 is 13.2 Å². The monoisotopic (exact) mass is 378 g/mol. The summed E-state index contributed by atoms with van der Waals surface area (Å²) in [5.74, 6) is 0. The predicted molar refractivity (Wildman–Crippen MR) is 98.6 cm³/mol. The van der Waals surface area contributed by atoms with Crippen LogP contribution in [0.3, 0.4) is 0 Å². The van der Waals surface area contributed by atoms with Gasteiger partial charge in [0.25, 0.3) is 0 Å². The largest absolute Gasteiger partial charge is 0.376 e. The van der Waals surface area contributed by atoms with E-state index in [9.17, 15) is 8.42 Å². The summed E-state index contributed by atoms with van der Waals surface area (Å²) in [6.07, 6.45) is 7.55. The first-order valence-corrected chi connectivity index (χ1v) is 10.8. The van der Waals surface area contributed by atoms with Crippen molar-refractivity contribution in [2.75, 3.05) is 26.5 Å². The van der Waals surface area contributed by atoms with Crippen LogP contribution in [0.5, 0.6) is 0 Å². The summed E-state index contributed by atoms with van der Waals surface area (Å²) >= 11 is 0. The smallest absolute Gasteiger partial charge is 0.227 e. The molecule has 7 nitrogen and oxygen atoms in total. The van der Waals surface area contributed by atoms with Gasteiger partial charge in [-0.1, -0.05) is 6.07 Å². The minimum Gasteiger partial charge on any atom is -0.376 e. The van der Waals surface area contributed by atoms with Crippen LogP contribution in [0, 0.1) is 0 Å². The SMILES string of the molecule is CN(CCc1ccccn1)Cc1cnc(S(C)(=O)=O)n1CC1CCCO1. The van der Waals surface area contributed by atoms with Crippen molar-refractivity contribution in [1.82, 2.24) is 19.4 Å². The standard InChI is InChI=1S/C18H26N4O3S/c1-21(10-8-15-6-3-4-9-19-15)13-16-12-20-18(26(2,23)24)22(16)14-17-7-5-11-25-17/h3-4,6,9,12,17H,5,7-8,10-11,13-14H2,1-2H3. The van der Waals surface area contributed by atoms with E-state index in [1.54, 1.807) is 12.4 Å². The van der Waals surface area contributed by atoms with Gasteiger partial charge in [0, 0.05) is 44.3 Å². The Morgan fingerprint density at radius 2 is 2.19 bits per heavy atom. The van der Waals surface area contributed by atoms with E-state index < -0.39 is 9.84 Å². The predicted octanol–water partition coefficient (Wildman–Crippen LogP) is 1.54. The molecule has 8 heteroatoms. The molecule has 0 aliphatic carbocycles. The van der Waals surface area contributed by atoms with E-state index in [1.807, 2.05) is 29.8 Å². The molecule has 0 bridgehead atoms. The molecule has 0 saturated carbocycles. The van der Waals surface area contributed by atoms with Crippen LogP contribution < -0.4 is 0 Å². The number of ether oxygens (including phenoxy) is 1. The van der Waals surface area contributed by atoms with Crippen LogP contribution in [0.25, 0.3) is 0 Å². The average Bonchev–Trinajstić information content (AvgIpc) is 3.24. The summed E-state index contributed by atoms with van der Waals surface area (Å²) in [7, 11) is -1.36. The van der Waals surface area contributed by atoms with Gasteiger partial charge in [-0.05, 0) is 32.0 Å². The Morgan fingerprint density at radius 3 is 2.85 bits per heavy atom. The van der Waals surface area contributed by atoms with Crippen molar-refractivity contribution in [3.63, 3.8) is 0 Å². The van der Waals surface area contributed by atoms with Crippen LogP contribution in [-0.4, -0.2) is 60.4 Å². The van der Waals surface area contributed by atoms with E-state index in [0.717, 1.165) is 43.8 Å². The second-order valence-electron chi connectivity index (χ2n) is 6.86. The van der Waals surface area contributed by atoms with Crippen molar-refractivity contribution in [3.8, 4) is 0 Å². The summed E-state index contributed by atoms with van der Waals surface area (Å²) in [5.41, 5.74) is 1.94. The van der Waals surface area contributed by atoms with Gasteiger partial charge in [0.2, 0.25) is 15.0 Å². The molecule has 1 saturated heterocycles. The molecule has 0 aromatic carbocycles.